The van der Waals surface area contributed by atoms with E-state index in [0.29, 0.717) is 0 Å². The Labute approximate surface area is 129 Å². The lowest BCUT2D eigenvalue weighted by molar-refractivity contribution is 0.552. The number of nitrogens with zero attached hydrogens (tertiary/aromatic N) is 1. The van der Waals surface area contributed by atoms with Crippen LogP contribution in [0.2, 0.25) is 5.02 Å². The number of halogens is 1. The number of hydrogen-bond donors (Lipinski definition) is 1. The van der Waals surface area contributed by atoms with Crippen LogP contribution in [0.4, 0.5) is 0 Å². The number of nitrogens with two attached hydrogens (primary N) is 1. The number of para-hydroxylation sites is 1. The van der Waals surface area contributed by atoms with Gasteiger partial charge in [0.15, 0.2) is 0 Å². The van der Waals surface area contributed by atoms with Crippen molar-refractivity contribution in [3.05, 3.63) is 64.8 Å². The van der Waals surface area contributed by atoms with E-state index < -0.39 is 0 Å². The first-order valence-corrected chi connectivity index (χ1v) is 7.77. The summed E-state index contributed by atoms with van der Waals surface area (Å²) in [4.78, 5) is 0. The summed E-state index contributed by atoms with van der Waals surface area (Å²) in [5.74, 6) is 0. The first-order valence-electron chi connectivity index (χ1n) is 7.39. The van der Waals surface area contributed by atoms with Gasteiger partial charge < -0.3 is 10.3 Å². The lowest BCUT2D eigenvalue weighted by atomic mass is 9.92. The van der Waals surface area contributed by atoms with Crippen LogP contribution in [0.5, 0.6) is 0 Å². The van der Waals surface area contributed by atoms with Crippen LogP contribution in [-0.4, -0.2) is 4.57 Å². The van der Waals surface area contributed by atoms with Crippen LogP contribution in [0.25, 0.3) is 16.6 Å². The predicted molar refractivity (Wildman–Crippen MR) is 88.2 cm³/mol. The average molecular weight is 297 g/mol. The molecule has 1 atom stereocenters. The first kappa shape index (κ1) is 12.9. The monoisotopic (exact) mass is 296 g/mol. The molecule has 1 unspecified atom stereocenters. The lowest BCUT2D eigenvalue weighted by Crippen LogP contribution is -2.20. The highest BCUT2D eigenvalue weighted by atomic mass is 35.5. The van der Waals surface area contributed by atoms with E-state index in [1.165, 1.54) is 27.8 Å². The number of rotatable bonds is 1. The Morgan fingerprint density at radius 2 is 1.90 bits per heavy atom. The number of hydrogen-bond acceptors (Lipinski definition) is 1. The first-order chi connectivity index (χ1) is 10.3. The van der Waals surface area contributed by atoms with Gasteiger partial charge in [-0.3, -0.25) is 0 Å². The molecule has 2 nitrogen and oxygen atoms in total. The second-order valence-corrected chi connectivity index (χ2v) is 6.13. The smallest absolute Gasteiger partial charge is 0.0536 e. The SMILES string of the molecule is NC1CCCc2c1n(-c1ccccc1)c1ccc(Cl)cc21. The molecule has 0 bridgehead atoms. The summed E-state index contributed by atoms with van der Waals surface area (Å²) in [5.41, 5.74) is 11.4. The van der Waals surface area contributed by atoms with E-state index in [2.05, 4.69) is 41.0 Å². The van der Waals surface area contributed by atoms with E-state index in [1.54, 1.807) is 0 Å². The van der Waals surface area contributed by atoms with Crippen LogP contribution in [0.15, 0.2) is 48.5 Å². The van der Waals surface area contributed by atoms with Crippen LogP contribution in [-0.2, 0) is 6.42 Å². The molecule has 1 aromatic heterocycles. The molecule has 4 rings (SSSR count). The fourth-order valence-corrected chi connectivity index (χ4v) is 3.66. The van der Waals surface area contributed by atoms with Crippen LogP contribution >= 0.6 is 11.6 Å². The lowest BCUT2D eigenvalue weighted by Gasteiger charge is -2.22. The third-order valence-corrected chi connectivity index (χ3v) is 4.62. The normalized spacial score (nSPS) is 17.9. The zero-order valence-electron chi connectivity index (χ0n) is 11.7. The van der Waals surface area contributed by atoms with Gasteiger partial charge in [-0.1, -0.05) is 29.8 Å². The molecule has 106 valence electrons. The molecule has 3 heteroatoms. The van der Waals surface area contributed by atoms with Crippen molar-refractivity contribution < 1.29 is 0 Å². The van der Waals surface area contributed by atoms with Crippen molar-refractivity contribution in [1.82, 2.24) is 4.57 Å². The Kier molecular flexibility index (Phi) is 3.02. The molecule has 3 aromatic rings. The Bertz CT molecular complexity index is 805. The summed E-state index contributed by atoms with van der Waals surface area (Å²) in [7, 11) is 0. The standard InChI is InChI=1S/C18H17ClN2/c19-12-9-10-17-15(11-12)14-7-4-8-16(20)18(14)21(17)13-5-2-1-3-6-13/h1-3,5-6,9-11,16H,4,7-8,20H2. The summed E-state index contributed by atoms with van der Waals surface area (Å²) < 4.78 is 2.31. The molecule has 0 saturated heterocycles. The summed E-state index contributed by atoms with van der Waals surface area (Å²) in [5, 5.41) is 2.03. The maximum atomic E-state index is 6.43. The highest BCUT2D eigenvalue weighted by molar-refractivity contribution is 6.31. The van der Waals surface area contributed by atoms with Crippen LogP contribution in [0.3, 0.4) is 0 Å². The van der Waals surface area contributed by atoms with Gasteiger partial charge >= 0.3 is 0 Å². The van der Waals surface area contributed by atoms with Gasteiger partial charge in [0.2, 0.25) is 0 Å². The molecule has 0 amide bonds. The summed E-state index contributed by atoms with van der Waals surface area (Å²) in [6, 6.07) is 16.7. The van der Waals surface area contributed by atoms with E-state index in [4.69, 9.17) is 17.3 Å². The predicted octanol–water partition coefficient (Wildman–Crippen LogP) is 4.62. The highest BCUT2D eigenvalue weighted by Crippen LogP contribution is 2.39. The molecule has 0 spiro atoms. The van der Waals surface area contributed by atoms with Crippen LogP contribution < -0.4 is 5.73 Å². The quantitative estimate of drug-likeness (QED) is 0.698. The molecule has 21 heavy (non-hydrogen) atoms. The van der Waals surface area contributed by atoms with Crippen molar-refractivity contribution in [2.75, 3.05) is 0 Å². The minimum Gasteiger partial charge on any atom is -0.323 e. The second-order valence-electron chi connectivity index (χ2n) is 5.69. The number of fused-ring (bicyclic) bond motifs is 3. The molecule has 0 fully saturated rings. The highest BCUT2D eigenvalue weighted by Gasteiger charge is 2.26. The van der Waals surface area contributed by atoms with Crippen molar-refractivity contribution in [2.24, 2.45) is 5.73 Å². The minimum absolute atomic E-state index is 0.0973. The van der Waals surface area contributed by atoms with Crippen molar-refractivity contribution >= 4 is 22.5 Å². The fraction of sp³-hybridized carbons (Fsp3) is 0.222. The molecular formula is C18H17ClN2. The zero-order chi connectivity index (χ0) is 14.4. The third-order valence-electron chi connectivity index (χ3n) is 4.38. The molecule has 0 saturated carbocycles. The van der Waals surface area contributed by atoms with Gasteiger partial charge in [0.1, 0.15) is 0 Å². The van der Waals surface area contributed by atoms with Gasteiger partial charge in [-0.15, -0.1) is 0 Å². The number of aryl methyl sites for hydroxylation is 1. The van der Waals surface area contributed by atoms with Gasteiger partial charge in [0.25, 0.3) is 0 Å². The van der Waals surface area contributed by atoms with Gasteiger partial charge in [-0.25, -0.2) is 0 Å². The minimum atomic E-state index is 0.0973. The van der Waals surface area contributed by atoms with Gasteiger partial charge in [0, 0.05) is 27.8 Å². The van der Waals surface area contributed by atoms with Gasteiger partial charge in [-0.2, -0.15) is 0 Å². The van der Waals surface area contributed by atoms with Crippen molar-refractivity contribution in [1.29, 1.82) is 0 Å². The molecule has 1 aliphatic rings. The van der Waals surface area contributed by atoms with E-state index in [-0.39, 0.29) is 6.04 Å². The number of benzene rings is 2. The second kappa shape index (κ2) is 4.90. The third kappa shape index (κ3) is 1.98. The molecule has 0 radical (unpaired) electrons. The van der Waals surface area contributed by atoms with Crippen molar-refractivity contribution in [2.45, 2.75) is 25.3 Å². The molecule has 1 heterocycles. The molecule has 1 aliphatic carbocycles. The fourth-order valence-electron chi connectivity index (χ4n) is 3.49. The van der Waals surface area contributed by atoms with E-state index in [0.717, 1.165) is 24.3 Å². The maximum absolute atomic E-state index is 6.43. The molecular weight excluding hydrogens is 280 g/mol. The summed E-state index contributed by atoms with van der Waals surface area (Å²) >= 11 is 6.21. The topological polar surface area (TPSA) is 30.9 Å². The Hall–Kier alpha value is -1.77. The van der Waals surface area contributed by atoms with Gasteiger partial charge in [-0.05, 0) is 55.2 Å². The average Bonchev–Trinajstić information content (AvgIpc) is 2.83. The van der Waals surface area contributed by atoms with Crippen molar-refractivity contribution in [3.63, 3.8) is 0 Å². The maximum Gasteiger partial charge on any atom is 0.0536 e. The van der Waals surface area contributed by atoms with E-state index in [9.17, 15) is 0 Å². The Morgan fingerprint density at radius 3 is 2.71 bits per heavy atom. The van der Waals surface area contributed by atoms with E-state index in [1.807, 2.05) is 12.1 Å². The zero-order valence-corrected chi connectivity index (χ0v) is 12.5. The Balaban J connectivity index is 2.12. The summed E-state index contributed by atoms with van der Waals surface area (Å²) in [6.45, 7) is 0. The molecule has 2 aromatic carbocycles. The van der Waals surface area contributed by atoms with Crippen molar-refractivity contribution in [3.8, 4) is 5.69 Å². The molecule has 2 N–H and O–H groups in total. The molecule has 0 aliphatic heterocycles. The van der Waals surface area contributed by atoms with Gasteiger partial charge in [0.05, 0.1) is 5.52 Å². The largest absolute Gasteiger partial charge is 0.323 e. The Morgan fingerprint density at radius 1 is 1.10 bits per heavy atom. The van der Waals surface area contributed by atoms with Crippen LogP contribution in [0.1, 0.15) is 30.1 Å². The van der Waals surface area contributed by atoms with E-state index >= 15 is 0 Å². The van der Waals surface area contributed by atoms with Crippen LogP contribution in [0, 0.1) is 0 Å². The summed E-state index contributed by atoms with van der Waals surface area (Å²) in [6.07, 6.45) is 3.28. The number of aromatic nitrogens is 1.